The van der Waals surface area contributed by atoms with E-state index in [9.17, 15) is 14.4 Å². The number of carbonyl (C=O) groups is 3. The SMILES string of the molecule is CCC(C)Cn1c2cc(C=C3C(=O)c4ccccc4C3=O)sc2c2sc3c4sc(/C=C5\Cc6ccccc6C5=O)cc4n(CC(C)CC)c3c21. The van der Waals surface area contributed by atoms with Crippen molar-refractivity contribution in [2.75, 3.05) is 0 Å². The van der Waals surface area contributed by atoms with Crippen LogP contribution in [0.15, 0.2) is 71.8 Å². The quantitative estimate of drug-likeness (QED) is 0.116. The van der Waals surface area contributed by atoms with Crippen LogP contribution in [0.1, 0.15) is 86.9 Å². The Morgan fingerprint density at radius 1 is 0.640 bits per heavy atom. The lowest BCUT2D eigenvalue weighted by molar-refractivity contribution is 0.0988. The van der Waals surface area contributed by atoms with Gasteiger partial charge in [0.25, 0.3) is 0 Å². The molecule has 0 spiro atoms. The topological polar surface area (TPSA) is 61.1 Å². The standard InChI is InChI=1S/C42H36N2O3S3/c1-5-22(3)20-43-32-18-26(16-25-15-24-11-7-8-12-28(24)36(25)45)48-39(32)41-34(43)35-42(50-41)40-33(44(35)21-23(4)6-2)19-27(49-40)17-31-37(46)29-13-9-10-14-30(29)38(31)47/h7-14,16-19,22-23H,5-6,15,20-21H2,1-4H3/b25-16+. The molecule has 50 heavy (non-hydrogen) atoms. The third-order valence-electron chi connectivity index (χ3n) is 10.7. The second-order valence-electron chi connectivity index (χ2n) is 14.0. The van der Waals surface area contributed by atoms with Crippen molar-refractivity contribution in [3.63, 3.8) is 0 Å². The highest BCUT2D eigenvalue weighted by Gasteiger charge is 2.33. The third kappa shape index (κ3) is 4.72. The first kappa shape index (κ1) is 31.6. The number of hydrogen-bond donors (Lipinski definition) is 0. The summed E-state index contributed by atoms with van der Waals surface area (Å²) in [4.78, 5) is 41.8. The van der Waals surface area contributed by atoms with Gasteiger partial charge in [0, 0.05) is 51.5 Å². The lowest BCUT2D eigenvalue weighted by atomic mass is 10.1. The first-order chi connectivity index (χ1) is 24.2. The van der Waals surface area contributed by atoms with E-state index in [-0.39, 0.29) is 22.9 Å². The number of nitrogens with zero attached hydrogens (tertiary/aromatic N) is 2. The highest BCUT2D eigenvalue weighted by Crippen LogP contribution is 2.50. The molecule has 2 unspecified atom stereocenters. The number of Topliss-reactive ketones (excluding diaryl/α,β-unsaturated/α-hetero) is 3. The van der Waals surface area contributed by atoms with Crippen molar-refractivity contribution in [3.05, 3.63) is 104 Å². The van der Waals surface area contributed by atoms with Gasteiger partial charge in [0.05, 0.1) is 46.4 Å². The van der Waals surface area contributed by atoms with E-state index in [0.717, 1.165) is 52.4 Å². The molecule has 0 bridgehead atoms. The Hall–Kier alpha value is -4.37. The van der Waals surface area contributed by atoms with Crippen molar-refractivity contribution in [1.29, 1.82) is 0 Å². The number of rotatable bonds is 8. The summed E-state index contributed by atoms with van der Waals surface area (Å²) >= 11 is 5.33. The van der Waals surface area contributed by atoms with Gasteiger partial charge in [-0.1, -0.05) is 89.1 Å². The fourth-order valence-corrected chi connectivity index (χ4v) is 11.4. The number of benzene rings is 2. The zero-order valence-electron chi connectivity index (χ0n) is 28.5. The summed E-state index contributed by atoms with van der Waals surface area (Å²) in [7, 11) is 0. The monoisotopic (exact) mass is 712 g/mol. The Morgan fingerprint density at radius 2 is 1.14 bits per heavy atom. The van der Waals surface area contributed by atoms with E-state index < -0.39 is 0 Å². The molecule has 5 heterocycles. The summed E-state index contributed by atoms with van der Waals surface area (Å²) < 4.78 is 10.1. The van der Waals surface area contributed by atoms with Gasteiger partial charge in [-0.05, 0) is 41.7 Å². The highest BCUT2D eigenvalue weighted by atomic mass is 32.1. The molecule has 0 N–H and O–H groups in total. The molecule has 8 heteroatoms. The third-order valence-corrected chi connectivity index (χ3v) is 14.3. The molecule has 0 radical (unpaired) electrons. The van der Waals surface area contributed by atoms with E-state index in [1.165, 1.54) is 40.9 Å². The maximum atomic E-state index is 13.3. The second kappa shape index (κ2) is 11.9. The van der Waals surface area contributed by atoms with E-state index in [1.807, 2.05) is 47.7 Å². The van der Waals surface area contributed by atoms with Crippen LogP contribution in [0.3, 0.4) is 0 Å². The van der Waals surface area contributed by atoms with E-state index in [0.29, 0.717) is 29.4 Å². The zero-order valence-corrected chi connectivity index (χ0v) is 30.9. The number of thiophene rings is 3. The molecule has 0 saturated heterocycles. The minimum absolute atomic E-state index is 0.142. The van der Waals surface area contributed by atoms with Crippen molar-refractivity contribution in [1.82, 2.24) is 9.13 Å². The van der Waals surface area contributed by atoms with E-state index in [2.05, 4.69) is 61.1 Å². The number of ketones is 3. The van der Waals surface area contributed by atoms with Crippen LogP contribution in [0.25, 0.3) is 53.0 Å². The highest BCUT2D eigenvalue weighted by molar-refractivity contribution is 7.34. The molecular weight excluding hydrogens is 677 g/mol. The Labute approximate surface area is 302 Å². The lowest BCUT2D eigenvalue weighted by Crippen LogP contribution is -2.09. The van der Waals surface area contributed by atoms with E-state index in [1.54, 1.807) is 34.8 Å². The zero-order chi connectivity index (χ0) is 34.4. The Kier molecular flexibility index (Phi) is 7.50. The number of hydrogen-bond acceptors (Lipinski definition) is 6. The molecule has 2 aliphatic rings. The van der Waals surface area contributed by atoms with Gasteiger partial charge < -0.3 is 9.13 Å². The molecule has 0 fully saturated rings. The average Bonchev–Trinajstić information content (AvgIpc) is 3.98. The first-order valence-electron chi connectivity index (χ1n) is 17.5. The van der Waals surface area contributed by atoms with Crippen LogP contribution < -0.4 is 0 Å². The summed E-state index contributed by atoms with van der Waals surface area (Å²) in [6.07, 6.45) is 6.76. The van der Waals surface area contributed by atoms with Crippen molar-refractivity contribution in [3.8, 4) is 0 Å². The Bertz CT molecular complexity index is 2610. The predicted molar refractivity (Wildman–Crippen MR) is 211 cm³/mol. The van der Waals surface area contributed by atoms with Gasteiger partial charge in [-0.3, -0.25) is 14.4 Å². The molecule has 5 aromatic heterocycles. The summed E-state index contributed by atoms with van der Waals surface area (Å²) in [5.41, 5.74) is 9.05. The molecular formula is C42H36N2O3S3. The molecule has 0 aliphatic heterocycles. The Balaban J connectivity index is 1.23. The summed E-state index contributed by atoms with van der Waals surface area (Å²) in [5.74, 6) is 0.739. The molecule has 9 rings (SSSR count). The minimum atomic E-state index is -0.189. The average molecular weight is 713 g/mol. The molecule has 250 valence electrons. The van der Waals surface area contributed by atoms with Crippen molar-refractivity contribution < 1.29 is 14.4 Å². The van der Waals surface area contributed by atoms with Crippen LogP contribution >= 0.6 is 34.0 Å². The summed E-state index contributed by atoms with van der Waals surface area (Å²) in [5, 5.41) is 0. The largest absolute Gasteiger partial charge is 0.337 e. The van der Waals surface area contributed by atoms with Gasteiger partial charge in [-0.25, -0.2) is 0 Å². The fraction of sp³-hybridized carbons (Fsp3) is 0.262. The van der Waals surface area contributed by atoms with Gasteiger partial charge in [-0.15, -0.1) is 34.0 Å². The van der Waals surface area contributed by atoms with Crippen molar-refractivity contribution in [2.45, 2.75) is 60.0 Å². The predicted octanol–water partition coefficient (Wildman–Crippen LogP) is 11.5. The summed E-state index contributed by atoms with van der Waals surface area (Å²) in [6, 6.07) is 19.5. The maximum Gasteiger partial charge on any atom is 0.197 e. The number of fused-ring (bicyclic) bond motifs is 9. The van der Waals surface area contributed by atoms with Gasteiger partial charge in [0.15, 0.2) is 17.3 Å². The molecule has 0 amide bonds. The van der Waals surface area contributed by atoms with Crippen LogP contribution in [-0.4, -0.2) is 26.5 Å². The number of allylic oxidation sites excluding steroid dienone is 2. The molecule has 0 saturated carbocycles. The number of aromatic nitrogens is 2. The maximum absolute atomic E-state index is 13.3. The smallest absolute Gasteiger partial charge is 0.197 e. The van der Waals surface area contributed by atoms with Crippen LogP contribution in [0, 0.1) is 11.8 Å². The van der Waals surface area contributed by atoms with Crippen LogP contribution in [0.4, 0.5) is 0 Å². The minimum Gasteiger partial charge on any atom is -0.337 e. The van der Waals surface area contributed by atoms with Crippen LogP contribution in [0.5, 0.6) is 0 Å². The van der Waals surface area contributed by atoms with Crippen molar-refractivity contribution in [2.24, 2.45) is 11.8 Å². The van der Waals surface area contributed by atoms with E-state index in [4.69, 9.17) is 0 Å². The lowest BCUT2D eigenvalue weighted by Gasteiger charge is -2.15. The molecule has 2 atom stereocenters. The van der Waals surface area contributed by atoms with Gasteiger partial charge >= 0.3 is 0 Å². The van der Waals surface area contributed by atoms with Crippen LogP contribution in [-0.2, 0) is 19.5 Å². The molecule has 2 aromatic carbocycles. The normalized spacial score (nSPS) is 16.6. The van der Waals surface area contributed by atoms with Crippen LogP contribution in [0.2, 0.25) is 0 Å². The molecule has 5 nitrogen and oxygen atoms in total. The first-order valence-corrected chi connectivity index (χ1v) is 19.9. The molecule has 2 aliphatic carbocycles. The van der Waals surface area contributed by atoms with Gasteiger partial charge in [0.2, 0.25) is 0 Å². The number of carbonyl (C=O) groups excluding carboxylic acids is 3. The van der Waals surface area contributed by atoms with Gasteiger partial charge in [-0.2, -0.15) is 0 Å². The summed E-state index contributed by atoms with van der Waals surface area (Å²) in [6.45, 7) is 10.9. The fourth-order valence-electron chi connectivity index (χ4n) is 7.58. The molecule has 7 aromatic rings. The van der Waals surface area contributed by atoms with Gasteiger partial charge in [0.1, 0.15) is 0 Å². The van der Waals surface area contributed by atoms with E-state index >= 15 is 0 Å². The second-order valence-corrected chi connectivity index (χ2v) is 17.2. The Morgan fingerprint density at radius 3 is 1.66 bits per heavy atom. The van der Waals surface area contributed by atoms with Crippen molar-refractivity contribution >= 4 is 104 Å².